The minimum atomic E-state index is -0.194. The number of carbonyl (C=O) groups is 1. The Morgan fingerprint density at radius 1 is 1.28 bits per heavy atom. The summed E-state index contributed by atoms with van der Waals surface area (Å²) in [4.78, 5) is 16.5. The van der Waals surface area contributed by atoms with E-state index in [1.165, 1.54) is 6.21 Å². The van der Waals surface area contributed by atoms with E-state index in [9.17, 15) is 9.90 Å². The Hall–Kier alpha value is -2.30. The summed E-state index contributed by atoms with van der Waals surface area (Å²) in [5.74, 6) is 1.45. The molecule has 0 saturated heterocycles. The standard InChI is InChI=1S/C20H27NO4/c1-5-8-25-18-7-6-14(9-19(18)24-4)12-21-13-15-16(22)10-20(2,3)11-17(15)23/h6-7,9,13,22H,5,8,10-12H2,1-4H3. The first-order valence-electron chi connectivity index (χ1n) is 8.61. The number of rotatable bonds is 7. The van der Waals surface area contributed by atoms with Gasteiger partial charge in [0.1, 0.15) is 5.76 Å². The van der Waals surface area contributed by atoms with Crippen LogP contribution in [0.5, 0.6) is 11.5 Å². The zero-order valence-electron chi connectivity index (χ0n) is 15.5. The lowest BCUT2D eigenvalue weighted by molar-refractivity contribution is -0.117. The van der Waals surface area contributed by atoms with Crippen molar-refractivity contribution in [2.45, 2.75) is 46.6 Å². The third-order valence-corrected chi connectivity index (χ3v) is 4.08. The molecule has 1 aliphatic carbocycles. The molecule has 0 fully saturated rings. The number of nitrogens with zero attached hydrogens (tertiary/aromatic N) is 1. The number of methoxy groups -OCH3 is 1. The van der Waals surface area contributed by atoms with Crippen LogP contribution in [0.3, 0.4) is 0 Å². The first-order chi connectivity index (χ1) is 11.9. The minimum absolute atomic E-state index is 0.0570. The van der Waals surface area contributed by atoms with E-state index in [1.807, 2.05) is 39.0 Å². The summed E-state index contributed by atoms with van der Waals surface area (Å²) >= 11 is 0. The SMILES string of the molecule is CCCOc1ccc(CN=CC2=C(O)CC(C)(C)CC2=O)cc1OC. The van der Waals surface area contributed by atoms with E-state index in [0.717, 1.165) is 12.0 Å². The maximum atomic E-state index is 12.2. The molecule has 1 aliphatic rings. The monoisotopic (exact) mass is 345 g/mol. The van der Waals surface area contributed by atoms with Gasteiger partial charge in [0.2, 0.25) is 0 Å². The molecule has 0 bridgehead atoms. The highest BCUT2D eigenvalue weighted by atomic mass is 16.5. The molecule has 0 amide bonds. The fourth-order valence-electron chi connectivity index (χ4n) is 2.83. The highest BCUT2D eigenvalue weighted by Crippen LogP contribution is 2.35. The molecule has 0 aliphatic heterocycles. The van der Waals surface area contributed by atoms with Crippen molar-refractivity contribution in [3.63, 3.8) is 0 Å². The Bertz CT molecular complexity index is 689. The van der Waals surface area contributed by atoms with Crippen LogP contribution in [-0.2, 0) is 11.3 Å². The fourth-order valence-corrected chi connectivity index (χ4v) is 2.83. The molecular formula is C20H27NO4. The Balaban J connectivity index is 2.08. The highest BCUT2D eigenvalue weighted by Gasteiger charge is 2.32. The molecule has 0 heterocycles. The zero-order valence-corrected chi connectivity index (χ0v) is 15.5. The van der Waals surface area contributed by atoms with Gasteiger partial charge in [-0.3, -0.25) is 9.79 Å². The summed E-state index contributed by atoms with van der Waals surface area (Å²) < 4.78 is 11.0. The van der Waals surface area contributed by atoms with Crippen LogP contribution in [0.25, 0.3) is 0 Å². The van der Waals surface area contributed by atoms with E-state index in [2.05, 4.69) is 4.99 Å². The summed E-state index contributed by atoms with van der Waals surface area (Å²) in [6.45, 7) is 7.04. The van der Waals surface area contributed by atoms with Gasteiger partial charge in [-0.1, -0.05) is 26.8 Å². The third kappa shape index (κ3) is 5.08. The average Bonchev–Trinajstić information content (AvgIpc) is 2.54. The van der Waals surface area contributed by atoms with Gasteiger partial charge in [0.25, 0.3) is 0 Å². The number of aliphatic imine (C=N–C) groups is 1. The topological polar surface area (TPSA) is 68.1 Å². The predicted molar refractivity (Wildman–Crippen MR) is 98.7 cm³/mol. The van der Waals surface area contributed by atoms with Crippen molar-refractivity contribution >= 4 is 12.0 Å². The van der Waals surface area contributed by atoms with E-state index < -0.39 is 0 Å². The smallest absolute Gasteiger partial charge is 0.168 e. The lowest BCUT2D eigenvalue weighted by Crippen LogP contribution is -2.26. The van der Waals surface area contributed by atoms with Crippen LogP contribution in [0.1, 0.15) is 45.6 Å². The van der Waals surface area contributed by atoms with Crippen molar-refractivity contribution in [1.82, 2.24) is 0 Å². The van der Waals surface area contributed by atoms with Crippen molar-refractivity contribution in [3.8, 4) is 11.5 Å². The quantitative estimate of drug-likeness (QED) is 0.750. The summed E-state index contributed by atoms with van der Waals surface area (Å²) in [7, 11) is 1.60. The van der Waals surface area contributed by atoms with Crippen molar-refractivity contribution in [1.29, 1.82) is 0 Å². The maximum Gasteiger partial charge on any atom is 0.168 e. The predicted octanol–water partition coefficient (Wildman–Crippen LogP) is 4.26. The molecule has 0 saturated carbocycles. The van der Waals surface area contributed by atoms with Gasteiger partial charge >= 0.3 is 0 Å². The van der Waals surface area contributed by atoms with Crippen LogP contribution in [0.2, 0.25) is 0 Å². The first kappa shape index (κ1) is 19.0. The second-order valence-electron chi connectivity index (χ2n) is 7.10. The summed E-state index contributed by atoms with van der Waals surface area (Å²) in [6, 6.07) is 5.66. The van der Waals surface area contributed by atoms with Crippen LogP contribution < -0.4 is 9.47 Å². The van der Waals surface area contributed by atoms with Gasteiger partial charge in [-0.2, -0.15) is 0 Å². The summed E-state index contributed by atoms with van der Waals surface area (Å²) in [5, 5.41) is 10.1. The number of ether oxygens (including phenoxy) is 2. The molecule has 2 rings (SSSR count). The van der Waals surface area contributed by atoms with Gasteiger partial charge in [0.05, 0.1) is 25.8 Å². The van der Waals surface area contributed by atoms with Crippen LogP contribution in [0.15, 0.2) is 34.5 Å². The van der Waals surface area contributed by atoms with E-state index in [0.29, 0.717) is 43.1 Å². The molecule has 5 heteroatoms. The van der Waals surface area contributed by atoms with Crippen LogP contribution >= 0.6 is 0 Å². The van der Waals surface area contributed by atoms with Gasteiger partial charge in [-0.25, -0.2) is 0 Å². The lowest BCUT2D eigenvalue weighted by Gasteiger charge is -2.28. The number of aliphatic hydroxyl groups excluding tert-OH is 1. The highest BCUT2D eigenvalue weighted by molar-refractivity contribution is 6.14. The van der Waals surface area contributed by atoms with Crippen LogP contribution in [-0.4, -0.2) is 30.8 Å². The largest absolute Gasteiger partial charge is 0.511 e. The van der Waals surface area contributed by atoms with Gasteiger partial charge < -0.3 is 14.6 Å². The van der Waals surface area contributed by atoms with Crippen molar-refractivity contribution in [2.24, 2.45) is 10.4 Å². The molecule has 25 heavy (non-hydrogen) atoms. The van der Waals surface area contributed by atoms with Crippen LogP contribution in [0.4, 0.5) is 0 Å². The molecule has 1 aromatic carbocycles. The molecule has 0 unspecified atom stereocenters. The Kier molecular flexibility index (Phi) is 6.23. The fraction of sp³-hybridized carbons (Fsp3) is 0.500. The van der Waals surface area contributed by atoms with Crippen molar-refractivity contribution in [3.05, 3.63) is 35.1 Å². The number of benzene rings is 1. The molecule has 0 atom stereocenters. The Morgan fingerprint density at radius 2 is 2.04 bits per heavy atom. The minimum Gasteiger partial charge on any atom is -0.511 e. The van der Waals surface area contributed by atoms with E-state index in [4.69, 9.17) is 9.47 Å². The molecule has 136 valence electrons. The summed E-state index contributed by atoms with van der Waals surface area (Å²) in [6.07, 6.45) is 3.34. The van der Waals surface area contributed by atoms with E-state index >= 15 is 0 Å². The van der Waals surface area contributed by atoms with Gasteiger partial charge in [-0.05, 0) is 29.5 Å². The zero-order chi connectivity index (χ0) is 18.4. The average molecular weight is 345 g/mol. The second-order valence-corrected chi connectivity index (χ2v) is 7.10. The second kappa shape index (κ2) is 8.19. The normalized spacial score (nSPS) is 17.2. The van der Waals surface area contributed by atoms with Crippen molar-refractivity contribution in [2.75, 3.05) is 13.7 Å². The van der Waals surface area contributed by atoms with Gasteiger partial charge in [-0.15, -0.1) is 0 Å². The number of carbonyl (C=O) groups excluding carboxylic acids is 1. The number of ketones is 1. The Labute approximate surface area is 149 Å². The number of allylic oxidation sites excluding steroid dienone is 2. The van der Waals surface area contributed by atoms with Gasteiger partial charge in [0, 0.05) is 19.1 Å². The number of Topliss-reactive ketones (excluding diaryl/α,β-unsaturated/α-hetero) is 1. The molecule has 5 nitrogen and oxygen atoms in total. The maximum absolute atomic E-state index is 12.2. The van der Waals surface area contributed by atoms with E-state index in [1.54, 1.807) is 7.11 Å². The number of aliphatic hydroxyl groups is 1. The molecule has 1 N–H and O–H groups in total. The summed E-state index contributed by atoms with van der Waals surface area (Å²) in [5.41, 5.74) is 1.08. The van der Waals surface area contributed by atoms with Crippen LogP contribution in [0, 0.1) is 5.41 Å². The third-order valence-electron chi connectivity index (χ3n) is 4.08. The first-order valence-corrected chi connectivity index (χ1v) is 8.61. The van der Waals surface area contributed by atoms with Gasteiger partial charge in [0.15, 0.2) is 17.3 Å². The number of hydrogen-bond donors (Lipinski definition) is 1. The Morgan fingerprint density at radius 3 is 2.68 bits per heavy atom. The molecule has 0 aromatic heterocycles. The lowest BCUT2D eigenvalue weighted by atomic mass is 9.77. The molecular weight excluding hydrogens is 318 g/mol. The molecule has 0 spiro atoms. The molecule has 1 aromatic rings. The number of hydrogen-bond acceptors (Lipinski definition) is 5. The van der Waals surface area contributed by atoms with Crippen molar-refractivity contribution < 1.29 is 19.4 Å². The molecule has 0 radical (unpaired) electrons. The van der Waals surface area contributed by atoms with E-state index in [-0.39, 0.29) is 17.0 Å².